The van der Waals surface area contributed by atoms with Gasteiger partial charge in [0, 0.05) is 25.5 Å². The normalized spacial score (nSPS) is 10.6. The Morgan fingerprint density at radius 3 is 2.76 bits per heavy atom. The fourth-order valence-corrected chi connectivity index (χ4v) is 1.92. The molecule has 0 aromatic carbocycles. The molecule has 0 saturated heterocycles. The van der Waals surface area contributed by atoms with Crippen LogP contribution in [0.15, 0.2) is 6.33 Å². The highest BCUT2D eigenvalue weighted by Gasteiger charge is 2.15. The molecule has 0 aliphatic rings. The first-order valence-corrected chi connectivity index (χ1v) is 6.65. The summed E-state index contributed by atoms with van der Waals surface area (Å²) in [6.07, 6.45) is 1.97. The summed E-state index contributed by atoms with van der Waals surface area (Å²) in [4.78, 5) is 9.80. The van der Waals surface area contributed by atoms with Crippen LogP contribution in [0.1, 0.15) is 12.6 Å². The van der Waals surface area contributed by atoms with Crippen molar-refractivity contribution in [3.8, 4) is 0 Å². The van der Waals surface area contributed by atoms with Crippen LogP contribution in [0.3, 0.4) is 0 Å². The van der Waals surface area contributed by atoms with Gasteiger partial charge in [0.05, 0.1) is 12.3 Å². The number of hydrogen-bond donors (Lipinski definition) is 0. The first kappa shape index (κ1) is 14.3. The molecule has 0 bridgehead atoms. The molecule has 0 amide bonds. The second kappa shape index (κ2) is 7.55. The lowest BCUT2D eigenvalue weighted by molar-refractivity contribution is 0.205. The van der Waals surface area contributed by atoms with E-state index >= 15 is 0 Å². The van der Waals surface area contributed by atoms with Gasteiger partial charge >= 0.3 is 0 Å². The Bertz CT molecular complexity index is 351. The van der Waals surface area contributed by atoms with Crippen LogP contribution in [-0.2, 0) is 11.2 Å². The number of hydrogen-bond acceptors (Lipinski definition) is 4. The molecule has 0 radical (unpaired) electrons. The Balaban J connectivity index is 2.92. The maximum absolute atomic E-state index is 14.1. The summed E-state index contributed by atoms with van der Waals surface area (Å²) in [5.41, 5.74) is 0.451. The molecule has 1 aromatic heterocycles. The lowest BCUT2D eigenvalue weighted by atomic mass is 10.3. The Kier molecular flexibility index (Phi) is 6.36. The van der Waals surface area contributed by atoms with Crippen LogP contribution in [0.2, 0.25) is 0 Å². The maximum atomic E-state index is 14.1. The molecule has 0 aliphatic heterocycles. The predicted molar refractivity (Wildman–Crippen MR) is 69.3 cm³/mol. The van der Waals surface area contributed by atoms with Crippen LogP contribution >= 0.6 is 15.9 Å². The van der Waals surface area contributed by atoms with Gasteiger partial charge in [-0.1, -0.05) is 22.9 Å². The molecule has 0 saturated carbocycles. The second-order valence-corrected chi connectivity index (χ2v) is 4.27. The monoisotopic (exact) mass is 305 g/mol. The molecular weight excluding hydrogens is 289 g/mol. The molecule has 6 heteroatoms. The zero-order valence-corrected chi connectivity index (χ0v) is 11.7. The third kappa shape index (κ3) is 3.89. The Hall–Kier alpha value is -0.750. The van der Waals surface area contributed by atoms with Gasteiger partial charge in [0.25, 0.3) is 0 Å². The summed E-state index contributed by atoms with van der Waals surface area (Å²) in [5.74, 6) is 0.0282. The van der Waals surface area contributed by atoms with E-state index in [-0.39, 0.29) is 5.82 Å². The van der Waals surface area contributed by atoms with Crippen molar-refractivity contribution in [3.63, 3.8) is 0 Å². The standard InChI is InChI=1S/C11H17BrFN3O/c1-3-9-10(13)11(15-8-14-9)16(5-4-12)6-7-17-2/h8H,3-7H2,1-2H3. The van der Waals surface area contributed by atoms with Gasteiger partial charge in [0.15, 0.2) is 11.6 Å². The van der Waals surface area contributed by atoms with Crippen LogP contribution in [-0.4, -0.2) is 42.1 Å². The molecule has 96 valence electrons. The molecule has 1 aromatic rings. The minimum atomic E-state index is -0.327. The molecule has 0 fully saturated rings. The number of alkyl halides is 1. The molecule has 0 atom stereocenters. The summed E-state index contributed by atoms with van der Waals surface area (Å²) in [7, 11) is 1.63. The third-order valence-corrected chi connectivity index (χ3v) is 2.75. The van der Waals surface area contributed by atoms with Crippen molar-refractivity contribution in [1.82, 2.24) is 9.97 Å². The smallest absolute Gasteiger partial charge is 0.187 e. The van der Waals surface area contributed by atoms with E-state index in [0.717, 1.165) is 5.33 Å². The summed E-state index contributed by atoms with van der Waals surface area (Å²) >= 11 is 3.35. The fourth-order valence-electron chi connectivity index (χ4n) is 1.49. The Morgan fingerprint density at radius 1 is 1.41 bits per heavy atom. The number of halogens is 2. The molecule has 0 spiro atoms. The molecule has 0 unspecified atom stereocenters. The van der Waals surface area contributed by atoms with E-state index in [9.17, 15) is 4.39 Å². The van der Waals surface area contributed by atoms with Gasteiger partial charge in [-0.25, -0.2) is 14.4 Å². The molecule has 17 heavy (non-hydrogen) atoms. The number of aromatic nitrogens is 2. The van der Waals surface area contributed by atoms with Crippen LogP contribution in [0.25, 0.3) is 0 Å². The zero-order valence-electron chi connectivity index (χ0n) is 10.1. The minimum absolute atomic E-state index is 0.327. The molecular formula is C11H17BrFN3O. The van der Waals surface area contributed by atoms with Crippen molar-refractivity contribution in [3.05, 3.63) is 17.8 Å². The summed E-state index contributed by atoms with van der Waals surface area (Å²) in [6, 6.07) is 0. The van der Waals surface area contributed by atoms with Crippen LogP contribution in [0, 0.1) is 5.82 Å². The topological polar surface area (TPSA) is 38.2 Å². The van der Waals surface area contributed by atoms with E-state index in [1.807, 2.05) is 11.8 Å². The first-order valence-electron chi connectivity index (χ1n) is 5.53. The molecule has 0 N–H and O–H groups in total. The maximum Gasteiger partial charge on any atom is 0.187 e. The predicted octanol–water partition coefficient (Wildman–Crippen LogP) is 2.03. The largest absolute Gasteiger partial charge is 0.383 e. The number of nitrogens with zero attached hydrogens (tertiary/aromatic N) is 3. The first-order chi connectivity index (χ1) is 8.24. The molecule has 1 heterocycles. The van der Waals surface area contributed by atoms with Crippen LogP contribution in [0.5, 0.6) is 0 Å². The molecule has 1 rings (SSSR count). The third-order valence-electron chi connectivity index (χ3n) is 2.40. The number of rotatable bonds is 7. The van der Waals surface area contributed by atoms with E-state index in [4.69, 9.17) is 4.74 Å². The molecule has 0 aliphatic carbocycles. The quantitative estimate of drug-likeness (QED) is 0.723. The van der Waals surface area contributed by atoms with Gasteiger partial charge in [0.1, 0.15) is 6.33 Å². The van der Waals surface area contributed by atoms with E-state index < -0.39 is 0 Å². The zero-order chi connectivity index (χ0) is 12.7. The number of anilines is 1. The summed E-state index contributed by atoms with van der Waals surface area (Å²) in [5, 5.41) is 0.752. The van der Waals surface area contributed by atoms with Crippen molar-refractivity contribution >= 4 is 21.7 Å². The lowest BCUT2D eigenvalue weighted by Crippen LogP contribution is -2.31. The SMILES string of the molecule is CCc1ncnc(N(CCBr)CCOC)c1F. The van der Waals surface area contributed by atoms with Gasteiger partial charge < -0.3 is 9.64 Å². The summed E-state index contributed by atoms with van der Waals surface area (Å²) in [6.45, 7) is 3.71. The van der Waals surface area contributed by atoms with E-state index in [2.05, 4.69) is 25.9 Å². The van der Waals surface area contributed by atoms with Crippen molar-refractivity contribution in [2.45, 2.75) is 13.3 Å². The van der Waals surface area contributed by atoms with E-state index in [1.54, 1.807) is 7.11 Å². The average Bonchev–Trinajstić information content (AvgIpc) is 2.35. The van der Waals surface area contributed by atoms with Crippen molar-refractivity contribution in [1.29, 1.82) is 0 Å². The second-order valence-electron chi connectivity index (χ2n) is 3.48. The number of ether oxygens (including phenoxy) is 1. The van der Waals surface area contributed by atoms with E-state index in [1.165, 1.54) is 6.33 Å². The van der Waals surface area contributed by atoms with Gasteiger partial charge in [-0.05, 0) is 6.42 Å². The molecule has 4 nitrogen and oxygen atoms in total. The average molecular weight is 306 g/mol. The number of methoxy groups -OCH3 is 1. The summed E-state index contributed by atoms with van der Waals surface area (Å²) < 4.78 is 19.1. The van der Waals surface area contributed by atoms with Gasteiger partial charge in [-0.2, -0.15) is 0 Å². The lowest BCUT2D eigenvalue weighted by Gasteiger charge is -2.23. The van der Waals surface area contributed by atoms with Gasteiger partial charge in [0.2, 0.25) is 0 Å². The van der Waals surface area contributed by atoms with E-state index in [0.29, 0.717) is 37.6 Å². The highest BCUT2D eigenvalue weighted by Crippen LogP contribution is 2.18. The van der Waals surface area contributed by atoms with Crippen molar-refractivity contribution in [2.75, 3.05) is 37.0 Å². The number of aryl methyl sites for hydroxylation is 1. The highest BCUT2D eigenvalue weighted by atomic mass is 79.9. The van der Waals surface area contributed by atoms with Crippen LogP contribution < -0.4 is 4.90 Å². The van der Waals surface area contributed by atoms with Crippen molar-refractivity contribution in [2.24, 2.45) is 0 Å². The fraction of sp³-hybridized carbons (Fsp3) is 0.636. The van der Waals surface area contributed by atoms with Gasteiger partial charge in [-0.15, -0.1) is 0 Å². The van der Waals surface area contributed by atoms with Gasteiger partial charge in [-0.3, -0.25) is 0 Å². The Labute approximate surface area is 109 Å². The minimum Gasteiger partial charge on any atom is -0.383 e. The highest BCUT2D eigenvalue weighted by molar-refractivity contribution is 9.09. The van der Waals surface area contributed by atoms with Crippen molar-refractivity contribution < 1.29 is 9.13 Å². The Morgan fingerprint density at radius 2 is 2.18 bits per heavy atom. The van der Waals surface area contributed by atoms with Crippen LogP contribution in [0.4, 0.5) is 10.2 Å².